The molecule has 1 aliphatic rings. The maximum absolute atomic E-state index is 12.5. The second kappa shape index (κ2) is 10.5. The molecule has 190 valence electrons. The van der Waals surface area contributed by atoms with E-state index >= 15 is 0 Å². The predicted octanol–water partition coefficient (Wildman–Crippen LogP) is 5.25. The van der Waals surface area contributed by atoms with Gasteiger partial charge >= 0.3 is 5.97 Å². The summed E-state index contributed by atoms with van der Waals surface area (Å²) >= 11 is 14.0. The fraction of sp³-hybridized carbons (Fsp3) is 0.320. The number of rotatable bonds is 6. The zero-order chi connectivity index (χ0) is 26.1. The summed E-state index contributed by atoms with van der Waals surface area (Å²) in [5.41, 5.74) is 8.09. The van der Waals surface area contributed by atoms with Crippen LogP contribution in [-0.2, 0) is 11.2 Å². The van der Waals surface area contributed by atoms with Gasteiger partial charge < -0.3 is 15.4 Å². The summed E-state index contributed by atoms with van der Waals surface area (Å²) < 4.78 is 6.82. The molecule has 1 unspecified atom stereocenters. The number of benzene rings is 1. The fourth-order valence-electron chi connectivity index (χ4n) is 4.56. The number of hydrogen-bond acceptors (Lipinski definition) is 9. The highest BCUT2D eigenvalue weighted by Gasteiger charge is 2.26. The first kappa shape index (κ1) is 25.3. The van der Waals surface area contributed by atoms with Crippen LogP contribution in [-0.4, -0.2) is 45.2 Å². The number of carbonyl (C=O) groups excluding carboxylic acids is 1. The lowest BCUT2D eigenvalue weighted by molar-refractivity contribution is 0.0519. The summed E-state index contributed by atoms with van der Waals surface area (Å²) in [6.07, 6.45) is 4.44. The number of esters is 1. The van der Waals surface area contributed by atoms with Crippen molar-refractivity contribution in [3.05, 3.63) is 56.1 Å². The van der Waals surface area contributed by atoms with Crippen LogP contribution in [0.15, 0.2) is 30.5 Å². The number of anilines is 2. The van der Waals surface area contributed by atoms with Crippen molar-refractivity contribution in [3.8, 4) is 17.3 Å². The number of nitrogen functional groups attached to an aromatic ring is 1. The van der Waals surface area contributed by atoms with Crippen molar-refractivity contribution in [2.24, 2.45) is 5.92 Å². The highest BCUT2D eigenvalue weighted by atomic mass is 35.5. The molecule has 4 aromatic rings. The van der Waals surface area contributed by atoms with Crippen molar-refractivity contribution in [1.29, 1.82) is 5.26 Å². The molecular weight excluding hydrogens is 533 g/mol. The van der Waals surface area contributed by atoms with E-state index in [1.54, 1.807) is 35.8 Å². The van der Waals surface area contributed by atoms with Crippen LogP contribution in [0.1, 0.15) is 40.1 Å². The number of nitrogens with two attached hydrogens (primary N) is 1. The molecule has 1 fully saturated rings. The standard InChI is InChI=1S/C25H23Cl2N7O2S/c1-2-36-25(35)18-10-20-24(30-19(13-34(20)32-18)16-6-5-15(26)9-17(16)27)33-7-3-4-14(12-33)8-22-31-23(29)21(11-28)37-22/h5-6,9-10,13-14H,2-4,7-8,12,29H2,1H3. The Bertz CT molecular complexity index is 1530. The molecule has 3 aromatic heterocycles. The first-order valence-electron chi connectivity index (χ1n) is 11.8. The maximum Gasteiger partial charge on any atom is 0.358 e. The SMILES string of the molecule is CCOC(=O)c1cc2c(N3CCCC(Cc4nc(N)c(C#N)s4)C3)nc(-c3ccc(Cl)cc3Cl)cn2n1. The van der Waals surface area contributed by atoms with Gasteiger partial charge in [-0.3, -0.25) is 0 Å². The van der Waals surface area contributed by atoms with Crippen molar-refractivity contribution in [2.75, 3.05) is 30.3 Å². The highest BCUT2D eigenvalue weighted by Crippen LogP contribution is 2.34. The predicted molar refractivity (Wildman–Crippen MR) is 144 cm³/mol. The molecule has 1 aliphatic heterocycles. The molecule has 1 atom stereocenters. The summed E-state index contributed by atoms with van der Waals surface area (Å²) in [6, 6.07) is 9.05. The first-order valence-corrected chi connectivity index (χ1v) is 13.4. The number of aromatic nitrogens is 4. The Labute approximate surface area is 227 Å². The van der Waals surface area contributed by atoms with Gasteiger partial charge in [-0.1, -0.05) is 23.2 Å². The van der Waals surface area contributed by atoms with Gasteiger partial charge in [0.25, 0.3) is 0 Å². The summed E-state index contributed by atoms with van der Waals surface area (Å²) in [4.78, 5) is 24.5. The zero-order valence-electron chi connectivity index (χ0n) is 19.9. The average molecular weight is 556 g/mol. The summed E-state index contributed by atoms with van der Waals surface area (Å²) in [5.74, 6) is 0.793. The number of nitriles is 1. The van der Waals surface area contributed by atoms with Gasteiger partial charge in [-0.15, -0.1) is 11.3 Å². The van der Waals surface area contributed by atoms with Crippen LogP contribution in [0, 0.1) is 17.2 Å². The van der Waals surface area contributed by atoms with Crippen LogP contribution >= 0.6 is 34.5 Å². The third-order valence-electron chi connectivity index (χ3n) is 6.21. The number of piperidine rings is 1. The lowest BCUT2D eigenvalue weighted by Crippen LogP contribution is -2.37. The first-order chi connectivity index (χ1) is 17.9. The van der Waals surface area contributed by atoms with Gasteiger partial charge in [-0.05, 0) is 43.9 Å². The number of nitrogens with zero attached hydrogens (tertiary/aromatic N) is 6. The minimum atomic E-state index is -0.491. The van der Waals surface area contributed by atoms with Gasteiger partial charge in [0.15, 0.2) is 17.3 Å². The monoisotopic (exact) mass is 555 g/mol. The van der Waals surface area contributed by atoms with Crippen LogP contribution < -0.4 is 10.6 Å². The molecule has 4 heterocycles. The van der Waals surface area contributed by atoms with E-state index in [9.17, 15) is 10.1 Å². The molecule has 5 rings (SSSR count). The molecular formula is C25H23Cl2N7O2S. The number of carbonyl (C=O) groups is 1. The van der Waals surface area contributed by atoms with Crippen LogP contribution in [0.25, 0.3) is 16.8 Å². The van der Waals surface area contributed by atoms with Crippen LogP contribution in [0.2, 0.25) is 10.0 Å². The number of halogens is 2. The number of thiazole rings is 1. The van der Waals surface area contributed by atoms with Crippen LogP contribution in [0.3, 0.4) is 0 Å². The van der Waals surface area contributed by atoms with Gasteiger partial charge in [0.1, 0.15) is 16.5 Å². The molecule has 12 heteroatoms. The normalized spacial score (nSPS) is 15.6. The lowest BCUT2D eigenvalue weighted by atomic mass is 9.95. The van der Waals surface area contributed by atoms with E-state index in [1.165, 1.54) is 11.3 Å². The molecule has 0 aliphatic carbocycles. The van der Waals surface area contributed by atoms with Gasteiger partial charge in [0, 0.05) is 36.2 Å². The zero-order valence-corrected chi connectivity index (χ0v) is 22.3. The molecule has 0 spiro atoms. The van der Waals surface area contributed by atoms with E-state index < -0.39 is 5.97 Å². The Balaban J connectivity index is 1.53. The molecule has 37 heavy (non-hydrogen) atoms. The van der Waals surface area contributed by atoms with Gasteiger partial charge in [0.2, 0.25) is 0 Å². The largest absolute Gasteiger partial charge is 0.461 e. The lowest BCUT2D eigenvalue weighted by Gasteiger charge is -2.33. The summed E-state index contributed by atoms with van der Waals surface area (Å²) in [5, 5.41) is 15.6. The average Bonchev–Trinajstić information content (AvgIpc) is 3.46. The Morgan fingerprint density at radius 2 is 2.16 bits per heavy atom. The van der Waals surface area contributed by atoms with Crippen molar-refractivity contribution in [1.82, 2.24) is 19.6 Å². The summed E-state index contributed by atoms with van der Waals surface area (Å²) in [7, 11) is 0. The molecule has 0 amide bonds. The quantitative estimate of drug-likeness (QED) is 0.320. The molecule has 0 saturated carbocycles. The van der Waals surface area contributed by atoms with Crippen molar-refractivity contribution >= 4 is 57.7 Å². The molecule has 0 bridgehead atoms. The second-order valence-electron chi connectivity index (χ2n) is 8.75. The van der Waals surface area contributed by atoms with Crippen LogP contribution in [0.5, 0.6) is 0 Å². The van der Waals surface area contributed by atoms with Crippen molar-refractivity contribution in [3.63, 3.8) is 0 Å². The molecule has 0 radical (unpaired) electrons. The Kier molecular flexibility index (Phi) is 7.20. The third-order valence-corrected chi connectivity index (χ3v) is 7.75. The number of fused-ring (bicyclic) bond motifs is 1. The van der Waals surface area contributed by atoms with E-state index in [2.05, 4.69) is 21.1 Å². The molecule has 1 aromatic carbocycles. The van der Waals surface area contributed by atoms with Gasteiger partial charge in [-0.2, -0.15) is 10.4 Å². The maximum atomic E-state index is 12.5. The van der Waals surface area contributed by atoms with Gasteiger partial charge in [-0.25, -0.2) is 19.3 Å². The molecule has 1 saturated heterocycles. The Morgan fingerprint density at radius 1 is 1.32 bits per heavy atom. The van der Waals surface area contributed by atoms with E-state index in [-0.39, 0.29) is 18.1 Å². The second-order valence-corrected chi connectivity index (χ2v) is 10.7. The third kappa shape index (κ3) is 5.21. The topological polar surface area (TPSA) is 122 Å². The van der Waals surface area contributed by atoms with Crippen molar-refractivity contribution < 1.29 is 9.53 Å². The molecule has 2 N–H and O–H groups in total. The number of ether oxygens (including phenoxy) is 1. The van der Waals surface area contributed by atoms with E-state index in [4.69, 9.17) is 38.7 Å². The summed E-state index contributed by atoms with van der Waals surface area (Å²) in [6.45, 7) is 3.53. The molecule has 9 nitrogen and oxygen atoms in total. The Morgan fingerprint density at radius 3 is 2.89 bits per heavy atom. The van der Waals surface area contributed by atoms with E-state index in [0.29, 0.717) is 43.4 Å². The van der Waals surface area contributed by atoms with E-state index in [0.717, 1.165) is 37.4 Å². The smallest absolute Gasteiger partial charge is 0.358 e. The fourth-order valence-corrected chi connectivity index (χ4v) is 5.96. The van der Waals surface area contributed by atoms with E-state index in [1.807, 2.05) is 6.07 Å². The number of hydrogen-bond donors (Lipinski definition) is 1. The minimum absolute atomic E-state index is 0.208. The highest BCUT2D eigenvalue weighted by molar-refractivity contribution is 7.12. The van der Waals surface area contributed by atoms with Crippen molar-refractivity contribution in [2.45, 2.75) is 26.2 Å². The van der Waals surface area contributed by atoms with Crippen LogP contribution in [0.4, 0.5) is 11.6 Å². The van der Waals surface area contributed by atoms with Gasteiger partial charge in [0.05, 0.1) is 28.5 Å². The minimum Gasteiger partial charge on any atom is -0.461 e. The Hall–Kier alpha value is -3.39.